The van der Waals surface area contributed by atoms with Crippen molar-refractivity contribution in [1.29, 1.82) is 5.26 Å². The zero-order valence-electron chi connectivity index (χ0n) is 17.7. The minimum Gasteiger partial charge on any atom is -0.504 e. The third-order valence-electron chi connectivity index (χ3n) is 5.59. The van der Waals surface area contributed by atoms with Crippen LogP contribution in [0.2, 0.25) is 0 Å². The van der Waals surface area contributed by atoms with Gasteiger partial charge in [0.05, 0.1) is 17.2 Å². The van der Waals surface area contributed by atoms with Gasteiger partial charge in [0.1, 0.15) is 0 Å². The molecule has 2 N–H and O–H groups in total. The molecule has 0 saturated carbocycles. The predicted molar refractivity (Wildman–Crippen MR) is 116 cm³/mol. The van der Waals surface area contributed by atoms with Gasteiger partial charge in [-0.3, -0.25) is 9.59 Å². The second-order valence-electron chi connectivity index (χ2n) is 7.84. The minimum atomic E-state index is -0.731. The normalized spacial score (nSPS) is 14.4. The summed E-state index contributed by atoms with van der Waals surface area (Å²) in [7, 11) is 0. The summed E-state index contributed by atoms with van der Waals surface area (Å²) in [5, 5.41) is 29.9. The van der Waals surface area contributed by atoms with Crippen molar-refractivity contribution in [3.05, 3.63) is 58.1 Å². The van der Waals surface area contributed by atoms with E-state index in [1.165, 1.54) is 32.1 Å². The molecule has 0 aliphatic heterocycles. The van der Waals surface area contributed by atoms with Gasteiger partial charge in [-0.05, 0) is 24.5 Å². The average Bonchev–Trinajstić information content (AvgIpc) is 2.76. The molecule has 1 aromatic rings. The Morgan fingerprint density at radius 2 is 1.33 bits per heavy atom. The maximum atomic E-state index is 12.6. The number of rotatable bonds is 12. The van der Waals surface area contributed by atoms with Gasteiger partial charge < -0.3 is 10.2 Å². The van der Waals surface area contributed by atoms with Gasteiger partial charge in [0, 0.05) is 12.0 Å². The van der Waals surface area contributed by atoms with E-state index in [0.717, 1.165) is 19.3 Å². The quantitative estimate of drug-likeness (QED) is 0.336. The molecule has 1 aliphatic rings. The lowest BCUT2D eigenvalue weighted by molar-refractivity contribution is -0.120. The smallest absolute Gasteiger partial charge is 0.227 e. The largest absolute Gasteiger partial charge is 0.504 e. The average molecular weight is 410 g/mol. The van der Waals surface area contributed by atoms with Gasteiger partial charge in [-0.15, -0.1) is 0 Å². The molecular formula is C25H31NO4. The van der Waals surface area contributed by atoms with Crippen LogP contribution >= 0.6 is 0 Å². The molecule has 2 rings (SSSR count). The molecule has 30 heavy (non-hydrogen) atoms. The fourth-order valence-corrected chi connectivity index (χ4v) is 3.76. The Kier molecular flexibility index (Phi) is 9.34. The van der Waals surface area contributed by atoms with Gasteiger partial charge >= 0.3 is 0 Å². The van der Waals surface area contributed by atoms with Crippen LogP contribution in [-0.2, 0) is 16.0 Å². The number of aliphatic hydroxyl groups is 2. The fourth-order valence-electron chi connectivity index (χ4n) is 3.76. The molecule has 5 nitrogen and oxygen atoms in total. The van der Waals surface area contributed by atoms with E-state index in [1.807, 2.05) is 6.07 Å². The number of aliphatic hydroxyl groups excluding tert-OH is 2. The highest BCUT2D eigenvalue weighted by Crippen LogP contribution is 2.28. The number of ketones is 2. The molecule has 0 atom stereocenters. The Morgan fingerprint density at radius 3 is 1.97 bits per heavy atom. The van der Waals surface area contributed by atoms with Crippen LogP contribution in [0.15, 0.2) is 46.9 Å². The van der Waals surface area contributed by atoms with Crippen LogP contribution in [0.4, 0.5) is 0 Å². The Labute approximate surface area is 178 Å². The number of unbranched alkanes of at least 4 members (excludes halogenated alkanes) is 8. The summed E-state index contributed by atoms with van der Waals surface area (Å²) in [6.45, 7) is 2.20. The molecule has 0 saturated heterocycles. The lowest BCUT2D eigenvalue weighted by Gasteiger charge is -2.18. The lowest BCUT2D eigenvalue weighted by atomic mass is 9.86. The second-order valence-corrected chi connectivity index (χ2v) is 7.84. The van der Waals surface area contributed by atoms with Crippen molar-refractivity contribution < 1.29 is 19.8 Å². The molecule has 160 valence electrons. The van der Waals surface area contributed by atoms with Crippen LogP contribution in [0.5, 0.6) is 0 Å². The molecule has 0 heterocycles. The van der Waals surface area contributed by atoms with Gasteiger partial charge in [0.25, 0.3) is 0 Å². The Morgan fingerprint density at radius 1 is 0.800 bits per heavy atom. The number of allylic oxidation sites excluding steroid dienone is 2. The summed E-state index contributed by atoms with van der Waals surface area (Å²) in [6.07, 6.45) is 10.3. The number of hydrogen-bond donors (Lipinski definition) is 2. The van der Waals surface area contributed by atoms with E-state index < -0.39 is 23.1 Å². The van der Waals surface area contributed by atoms with Crippen LogP contribution in [0.3, 0.4) is 0 Å². The highest BCUT2D eigenvalue weighted by Gasteiger charge is 2.34. The maximum absolute atomic E-state index is 12.6. The maximum Gasteiger partial charge on any atom is 0.227 e. The number of nitriles is 1. The molecule has 1 aromatic carbocycles. The van der Waals surface area contributed by atoms with Gasteiger partial charge in [-0.25, -0.2) is 0 Å². The third kappa shape index (κ3) is 6.06. The number of carbonyl (C=O) groups is 2. The van der Waals surface area contributed by atoms with E-state index in [0.29, 0.717) is 17.5 Å². The van der Waals surface area contributed by atoms with E-state index in [2.05, 4.69) is 6.92 Å². The number of carbonyl (C=O) groups excluding carboxylic acids is 2. The first-order chi connectivity index (χ1) is 14.5. The number of hydrogen-bond acceptors (Lipinski definition) is 5. The number of Topliss-reactive ketones (excluding diaryl/α,β-unsaturated/α-hetero) is 2. The van der Waals surface area contributed by atoms with E-state index in [1.54, 1.807) is 24.3 Å². The van der Waals surface area contributed by atoms with Crippen LogP contribution in [-0.4, -0.2) is 21.8 Å². The molecule has 0 radical (unpaired) electrons. The molecule has 0 amide bonds. The fraction of sp³-hybridized carbons (Fsp3) is 0.480. The first-order valence-corrected chi connectivity index (χ1v) is 10.9. The van der Waals surface area contributed by atoms with Crippen molar-refractivity contribution in [1.82, 2.24) is 0 Å². The van der Waals surface area contributed by atoms with Crippen molar-refractivity contribution >= 4 is 11.6 Å². The molecule has 0 unspecified atom stereocenters. The Hall–Kier alpha value is -2.87. The zero-order chi connectivity index (χ0) is 21.9. The molecule has 0 bridgehead atoms. The van der Waals surface area contributed by atoms with Crippen molar-refractivity contribution in [2.24, 2.45) is 0 Å². The molecule has 5 heteroatoms. The van der Waals surface area contributed by atoms with Crippen molar-refractivity contribution in [2.75, 3.05) is 0 Å². The van der Waals surface area contributed by atoms with Crippen molar-refractivity contribution in [3.8, 4) is 6.07 Å². The summed E-state index contributed by atoms with van der Waals surface area (Å²) in [5.74, 6) is -2.60. The monoisotopic (exact) mass is 409 g/mol. The van der Waals surface area contributed by atoms with Gasteiger partial charge in [-0.2, -0.15) is 5.26 Å². The van der Waals surface area contributed by atoms with Gasteiger partial charge in [-0.1, -0.05) is 76.5 Å². The first-order valence-electron chi connectivity index (χ1n) is 10.9. The van der Waals surface area contributed by atoms with Crippen molar-refractivity contribution in [3.63, 3.8) is 0 Å². The predicted octanol–water partition coefficient (Wildman–Crippen LogP) is 5.80. The summed E-state index contributed by atoms with van der Waals surface area (Å²) >= 11 is 0. The standard InChI is InChI=1S/C25H31NO4/c1-2-3-4-5-6-7-8-9-10-15-20-22(27)24(29)21(25(30)23(20)28)16-18-13-11-12-14-19(18)17-26/h11-14,27,30H,2-10,15-16H2,1H3. The van der Waals surface area contributed by atoms with E-state index in [-0.39, 0.29) is 24.0 Å². The van der Waals surface area contributed by atoms with Crippen LogP contribution in [0.25, 0.3) is 0 Å². The molecule has 1 aliphatic carbocycles. The Bertz CT molecular complexity index is 873. The summed E-state index contributed by atoms with van der Waals surface area (Å²) in [6, 6.07) is 8.71. The Balaban J connectivity index is 1.92. The summed E-state index contributed by atoms with van der Waals surface area (Å²) in [5.41, 5.74) is 0.730. The van der Waals surface area contributed by atoms with E-state index in [4.69, 9.17) is 0 Å². The highest BCUT2D eigenvalue weighted by molar-refractivity contribution is 6.23. The first kappa shape index (κ1) is 23.4. The van der Waals surface area contributed by atoms with Gasteiger partial charge in [0.2, 0.25) is 11.6 Å². The molecule has 0 spiro atoms. The van der Waals surface area contributed by atoms with Crippen LogP contribution in [0, 0.1) is 11.3 Å². The lowest BCUT2D eigenvalue weighted by Crippen LogP contribution is -2.25. The van der Waals surface area contributed by atoms with E-state index in [9.17, 15) is 25.1 Å². The van der Waals surface area contributed by atoms with Crippen LogP contribution in [0.1, 0.15) is 82.3 Å². The molecule has 0 fully saturated rings. The van der Waals surface area contributed by atoms with Crippen molar-refractivity contribution in [2.45, 2.75) is 77.6 Å². The highest BCUT2D eigenvalue weighted by atomic mass is 16.3. The zero-order valence-corrected chi connectivity index (χ0v) is 17.7. The number of benzene rings is 1. The summed E-state index contributed by atoms with van der Waals surface area (Å²) in [4.78, 5) is 25.2. The summed E-state index contributed by atoms with van der Waals surface area (Å²) < 4.78 is 0. The molecule has 0 aromatic heterocycles. The second kappa shape index (κ2) is 12.0. The van der Waals surface area contributed by atoms with Crippen LogP contribution < -0.4 is 0 Å². The van der Waals surface area contributed by atoms with E-state index >= 15 is 0 Å². The topological polar surface area (TPSA) is 98.4 Å². The minimum absolute atomic E-state index is 0.00207. The third-order valence-corrected chi connectivity index (χ3v) is 5.59. The SMILES string of the molecule is CCCCCCCCCCCC1=C(O)C(=O)C(Cc2ccccc2C#N)=C(O)C1=O. The van der Waals surface area contributed by atoms with Gasteiger partial charge in [0.15, 0.2) is 11.5 Å². The number of nitrogens with zero attached hydrogens (tertiary/aromatic N) is 1. The molecular weight excluding hydrogens is 378 g/mol.